The van der Waals surface area contributed by atoms with Gasteiger partial charge in [0.25, 0.3) is 0 Å². The van der Waals surface area contributed by atoms with Gasteiger partial charge in [0, 0.05) is 25.1 Å². The van der Waals surface area contributed by atoms with Gasteiger partial charge in [0.15, 0.2) is 5.11 Å². The second-order valence-corrected chi connectivity index (χ2v) is 8.88. The number of unbranched alkanes of at least 4 members (excludes halogenated alkanes) is 2. The van der Waals surface area contributed by atoms with Crippen molar-refractivity contribution in [2.75, 3.05) is 37.1 Å². The minimum absolute atomic E-state index is 0.201. The molecule has 0 heterocycles. The van der Waals surface area contributed by atoms with Gasteiger partial charge in [-0.05, 0) is 37.9 Å². The van der Waals surface area contributed by atoms with E-state index in [0.717, 1.165) is 25.8 Å². The van der Waals surface area contributed by atoms with Gasteiger partial charge < -0.3 is 15.2 Å². The zero-order chi connectivity index (χ0) is 14.9. The number of nitrogens with two attached hydrogens (primary N) is 1. The lowest BCUT2D eigenvalue weighted by molar-refractivity contribution is 0.401. The average Bonchev–Trinajstić information content (AvgIpc) is 2.24. The van der Waals surface area contributed by atoms with Crippen molar-refractivity contribution in [1.82, 2.24) is 4.90 Å². The van der Waals surface area contributed by atoms with Crippen LogP contribution in [0.25, 0.3) is 0 Å². The SMILES string of the molecule is C[S+]([O-])CCCCN(CCCCS(C)(=O)=O)C(N)=S. The Morgan fingerprint density at radius 3 is 2.21 bits per heavy atom. The molecule has 0 amide bonds. The van der Waals surface area contributed by atoms with Crippen molar-refractivity contribution >= 4 is 38.3 Å². The molecule has 5 nitrogen and oxygen atoms in total. The predicted molar refractivity (Wildman–Crippen MR) is 85.5 cm³/mol. The van der Waals surface area contributed by atoms with Crippen LogP contribution < -0.4 is 5.73 Å². The molecule has 0 aliphatic heterocycles. The summed E-state index contributed by atoms with van der Waals surface area (Å²) in [5.74, 6) is 0.895. The van der Waals surface area contributed by atoms with Crippen LogP contribution in [0.3, 0.4) is 0 Å². The summed E-state index contributed by atoms with van der Waals surface area (Å²) < 4.78 is 32.9. The van der Waals surface area contributed by atoms with Crippen LogP contribution in [0.4, 0.5) is 0 Å². The van der Waals surface area contributed by atoms with E-state index in [0.29, 0.717) is 23.8 Å². The molecule has 0 saturated carbocycles. The number of sulfone groups is 1. The standard InChI is InChI=1S/C11H24N2O3S3/c1-18(14)9-5-3-7-13(11(12)17)8-4-6-10-19(2,15)16/h3-10H2,1-2H3,(H2,12,17). The van der Waals surface area contributed by atoms with Crippen LogP contribution in [0.5, 0.6) is 0 Å². The Balaban J connectivity index is 3.84. The van der Waals surface area contributed by atoms with E-state index in [4.69, 9.17) is 18.0 Å². The van der Waals surface area contributed by atoms with Crippen molar-refractivity contribution in [3.8, 4) is 0 Å². The zero-order valence-corrected chi connectivity index (χ0v) is 14.1. The molecule has 114 valence electrons. The van der Waals surface area contributed by atoms with E-state index in [9.17, 15) is 13.0 Å². The first-order valence-corrected chi connectivity index (χ1v) is 10.4. The van der Waals surface area contributed by atoms with E-state index in [-0.39, 0.29) is 5.75 Å². The van der Waals surface area contributed by atoms with Gasteiger partial charge in [0.2, 0.25) is 0 Å². The molecule has 19 heavy (non-hydrogen) atoms. The summed E-state index contributed by atoms with van der Waals surface area (Å²) in [7, 11) is -2.89. The summed E-state index contributed by atoms with van der Waals surface area (Å²) in [6, 6.07) is 0. The minimum atomic E-state index is -2.89. The smallest absolute Gasteiger partial charge is 0.166 e. The molecule has 2 N–H and O–H groups in total. The van der Waals surface area contributed by atoms with Crippen LogP contribution in [0.1, 0.15) is 25.7 Å². The first kappa shape index (κ1) is 18.9. The molecule has 0 bridgehead atoms. The summed E-state index contributed by atoms with van der Waals surface area (Å²) >= 11 is 4.21. The van der Waals surface area contributed by atoms with Crippen LogP contribution in [0.2, 0.25) is 0 Å². The summed E-state index contributed by atoms with van der Waals surface area (Å²) in [5, 5.41) is 0.344. The third-order valence-electron chi connectivity index (χ3n) is 2.61. The molecular formula is C11H24N2O3S3. The Hall–Kier alpha value is -0.0500. The average molecular weight is 329 g/mol. The molecule has 1 unspecified atom stereocenters. The topological polar surface area (TPSA) is 86.5 Å². The first-order chi connectivity index (χ1) is 8.72. The van der Waals surface area contributed by atoms with Gasteiger partial charge in [0.1, 0.15) is 15.6 Å². The van der Waals surface area contributed by atoms with Crippen molar-refractivity contribution in [1.29, 1.82) is 0 Å². The molecular weight excluding hydrogens is 304 g/mol. The number of hydrogen-bond donors (Lipinski definition) is 1. The van der Waals surface area contributed by atoms with Gasteiger partial charge in [-0.2, -0.15) is 0 Å². The van der Waals surface area contributed by atoms with Crippen LogP contribution >= 0.6 is 12.2 Å². The van der Waals surface area contributed by atoms with E-state index >= 15 is 0 Å². The Bertz CT molecular complexity index is 358. The maximum absolute atomic E-state index is 11.0. The maximum Gasteiger partial charge on any atom is 0.166 e. The largest absolute Gasteiger partial charge is 0.617 e. The van der Waals surface area contributed by atoms with E-state index in [2.05, 4.69) is 0 Å². The third kappa shape index (κ3) is 12.7. The number of nitrogens with zero attached hydrogens (tertiary/aromatic N) is 1. The number of rotatable bonds is 10. The predicted octanol–water partition coefficient (Wildman–Crippen LogP) is 0.516. The highest BCUT2D eigenvalue weighted by Crippen LogP contribution is 2.02. The van der Waals surface area contributed by atoms with Gasteiger partial charge in [-0.25, -0.2) is 8.42 Å². The monoisotopic (exact) mass is 328 g/mol. The van der Waals surface area contributed by atoms with Crippen LogP contribution in [-0.2, 0) is 21.0 Å². The number of hydrogen-bond acceptors (Lipinski definition) is 4. The molecule has 0 aromatic heterocycles. The van der Waals surface area contributed by atoms with E-state index in [1.807, 2.05) is 4.90 Å². The molecule has 0 spiro atoms. The van der Waals surface area contributed by atoms with Crippen LogP contribution in [-0.4, -0.2) is 60.1 Å². The van der Waals surface area contributed by atoms with Gasteiger partial charge in [-0.15, -0.1) is 0 Å². The van der Waals surface area contributed by atoms with Crippen LogP contribution in [0, 0.1) is 0 Å². The van der Waals surface area contributed by atoms with Gasteiger partial charge >= 0.3 is 0 Å². The molecule has 0 aromatic carbocycles. The lowest BCUT2D eigenvalue weighted by Crippen LogP contribution is -2.37. The third-order valence-corrected chi connectivity index (χ3v) is 4.77. The molecule has 0 fully saturated rings. The van der Waals surface area contributed by atoms with Crippen molar-refractivity contribution < 1.29 is 13.0 Å². The maximum atomic E-state index is 11.0. The van der Waals surface area contributed by atoms with Crippen LogP contribution in [0.15, 0.2) is 0 Å². The molecule has 0 saturated heterocycles. The summed E-state index contributed by atoms with van der Waals surface area (Å²) in [6.45, 7) is 1.42. The fourth-order valence-electron chi connectivity index (χ4n) is 1.61. The Kier molecular flexibility index (Phi) is 9.77. The molecule has 0 rings (SSSR count). The quantitative estimate of drug-likeness (QED) is 0.357. The lowest BCUT2D eigenvalue weighted by Gasteiger charge is -2.22. The highest BCUT2D eigenvalue weighted by molar-refractivity contribution is 7.90. The summed E-state index contributed by atoms with van der Waals surface area (Å²) in [4.78, 5) is 1.89. The Morgan fingerprint density at radius 2 is 1.79 bits per heavy atom. The molecule has 0 aliphatic carbocycles. The van der Waals surface area contributed by atoms with E-state index in [1.165, 1.54) is 6.26 Å². The fourth-order valence-corrected chi connectivity index (χ4v) is 3.13. The zero-order valence-electron chi connectivity index (χ0n) is 11.6. The molecule has 1 atom stereocenters. The van der Waals surface area contributed by atoms with E-state index in [1.54, 1.807) is 6.26 Å². The van der Waals surface area contributed by atoms with Crippen molar-refractivity contribution in [2.24, 2.45) is 5.73 Å². The van der Waals surface area contributed by atoms with Crippen molar-refractivity contribution in [3.05, 3.63) is 0 Å². The Morgan fingerprint density at radius 1 is 1.26 bits per heavy atom. The molecule has 0 radical (unpaired) electrons. The van der Waals surface area contributed by atoms with Gasteiger partial charge in [0.05, 0.1) is 6.26 Å². The summed E-state index contributed by atoms with van der Waals surface area (Å²) in [5.41, 5.74) is 5.63. The van der Waals surface area contributed by atoms with Crippen molar-refractivity contribution in [2.45, 2.75) is 25.7 Å². The van der Waals surface area contributed by atoms with Gasteiger partial charge in [-0.3, -0.25) is 0 Å². The second-order valence-electron chi connectivity index (χ2n) is 4.65. The normalized spacial score (nSPS) is 13.2. The van der Waals surface area contributed by atoms with E-state index < -0.39 is 21.0 Å². The highest BCUT2D eigenvalue weighted by Gasteiger charge is 2.08. The minimum Gasteiger partial charge on any atom is -0.617 e. The highest BCUT2D eigenvalue weighted by atomic mass is 32.2. The first-order valence-electron chi connectivity index (χ1n) is 6.24. The summed E-state index contributed by atoms with van der Waals surface area (Å²) in [6.07, 6.45) is 6.08. The van der Waals surface area contributed by atoms with Gasteiger partial charge in [-0.1, -0.05) is 11.2 Å². The second kappa shape index (κ2) is 9.79. The fraction of sp³-hybridized carbons (Fsp3) is 0.909. The molecule has 8 heteroatoms. The molecule has 0 aromatic rings. The molecule has 0 aliphatic rings. The lowest BCUT2D eigenvalue weighted by atomic mass is 10.3. The number of thiocarbonyl (C=S) groups is 1. The van der Waals surface area contributed by atoms with Crippen molar-refractivity contribution in [3.63, 3.8) is 0 Å². The Labute approximate surface area is 125 Å².